The van der Waals surface area contributed by atoms with Crippen molar-refractivity contribution in [3.63, 3.8) is 0 Å². The molecule has 0 aliphatic heterocycles. The zero-order valence-corrected chi connectivity index (χ0v) is 9.79. The van der Waals surface area contributed by atoms with Gasteiger partial charge in [0.05, 0.1) is 0 Å². The first-order valence-electron chi connectivity index (χ1n) is 3.44. The first kappa shape index (κ1) is 10.9. The summed E-state index contributed by atoms with van der Waals surface area (Å²) in [5, 5.41) is 7.69. The molecule has 7 heteroatoms. The molecular weight excluding hydrogens is 232 g/mol. The molecule has 1 aromatic rings. The quantitative estimate of drug-likeness (QED) is 0.786. The van der Waals surface area contributed by atoms with Crippen LogP contribution in [-0.2, 0) is 14.6 Å². The Morgan fingerprint density at radius 3 is 2.23 bits per heavy atom. The van der Waals surface area contributed by atoms with Crippen LogP contribution in [0, 0.1) is 0 Å². The SMILES string of the molecule is CC(C)(c1nnc(Cl)s1)S(C)(=O)=O. The van der Waals surface area contributed by atoms with Crippen molar-refractivity contribution >= 4 is 32.8 Å². The molecular formula is C6H9ClN2O2S2. The Hall–Kier alpha value is -0.200. The number of nitrogens with zero attached hydrogens (tertiary/aromatic N) is 2. The Morgan fingerprint density at radius 2 is 1.92 bits per heavy atom. The van der Waals surface area contributed by atoms with Crippen LogP contribution in [-0.4, -0.2) is 24.9 Å². The molecule has 1 rings (SSSR count). The maximum atomic E-state index is 11.4. The zero-order chi connectivity index (χ0) is 10.3. The molecule has 0 bridgehead atoms. The maximum Gasteiger partial charge on any atom is 0.207 e. The number of hydrogen-bond acceptors (Lipinski definition) is 5. The van der Waals surface area contributed by atoms with E-state index in [0.29, 0.717) is 5.01 Å². The molecule has 0 atom stereocenters. The molecule has 0 radical (unpaired) electrons. The highest BCUT2D eigenvalue weighted by molar-refractivity contribution is 7.91. The third kappa shape index (κ3) is 2.00. The molecule has 0 N–H and O–H groups in total. The first-order chi connectivity index (χ1) is 5.75. The van der Waals surface area contributed by atoms with E-state index in [1.165, 1.54) is 6.26 Å². The van der Waals surface area contributed by atoms with Crippen molar-refractivity contribution in [3.8, 4) is 0 Å². The molecule has 1 heterocycles. The van der Waals surface area contributed by atoms with Gasteiger partial charge in [0.2, 0.25) is 4.47 Å². The van der Waals surface area contributed by atoms with E-state index in [1.807, 2.05) is 0 Å². The molecule has 74 valence electrons. The van der Waals surface area contributed by atoms with Crippen molar-refractivity contribution in [3.05, 3.63) is 9.47 Å². The lowest BCUT2D eigenvalue weighted by atomic mass is 10.2. The van der Waals surface area contributed by atoms with Crippen LogP contribution in [0.1, 0.15) is 18.9 Å². The second kappa shape index (κ2) is 3.18. The topological polar surface area (TPSA) is 59.9 Å². The lowest BCUT2D eigenvalue weighted by molar-refractivity contribution is 0.559. The summed E-state index contributed by atoms with van der Waals surface area (Å²) in [6.45, 7) is 3.17. The van der Waals surface area contributed by atoms with E-state index in [2.05, 4.69) is 10.2 Å². The third-order valence-electron chi connectivity index (χ3n) is 1.84. The second-order valence-electron chi connectivity index (χ2n) is 3.14. The monoisotopic (exact) mass is 240 g/mol. The Morgan fingerprint density at radius 1 is 1.38 bits per heavy atom. The summed E-state index contributed by atoms with van der Waals surface area (Å²) in [6, 6.07) is 0. The molecule has 0 saturated carbocycles. The fraction of sp³-hybridized carbons (Fsp3) is 0.667. The summed E-state index contributed by atoms with van der Waals surface area (Å²) in [7, 11) is -3.19. The van der Waals surface area contributed by atoms with Crippen LogP contribution in [0.15, 0.2) is 0 Å². The van der Waals surface area contributed by atoms with Crippen molar-refractivity contribution in [1.82, 2.24) is 10.2 Å². The van der Waals surface area contributed by atoms with E-state index in [9.17, 15) is 8.42 Å². The molecule has 1 aromatic heterocycles. The predicted molar refractivity (Wildman–Crippen MR) is 52.8 cm³/mol. The van der Waals surface area contributed by atoms with E-state index < -0.39 is 14.6 Å². The Labute approximate surface area is 85.9 Å². The van der Waals surface area contributed by atoms with Crippen molar-refractivity contribution in [2.24, 2.45) is 0 Å². The highest BCUT2D eigenvalue weighted by Crippen LogP contribution is 2.32. The lowest BCUT2D eigenvalue weighted by Crippen LogP contribution is -2.27. The zero-order valence-electron chi connectivity index (χ0n) is 7.41. The van der Waals surface area contributed by atoms with E-state index >= 15 is 0 Å². The normalized spacial score (nSPS) is 13.2. The van der Waals surface area contributed by atoms with Crippen LogP contribution in [0.2, 0.25) is 4.47 Å². The Kier molecular flexibility index (Phi) is 2.66. The minimum absolute atomic E-state index is 0.256. The average Bonchev–Trinajstić information content (AvgIpc) is 2.33. The Balaban J connectivity index is 3.23. The summed E-state index contributed by atoms with van der Waals surface area (Å²) in [5.74, 6) is 0. The number of hydrogen-bond donors (Lipinski definition) is 0. The smallest absolute Gasteiger partial charge is 0.207 e. The number of sulfone groups is 1. The molecule has 0 fully saturated rings. The minimum atomic E-state index is -3.19. The van der Waals surface area contributed by atoms with Crippen LogP contribution < -0.4 is 0 Å². The fourth-order valence-corrected chi connectivity index (χ4v) is 2.37. The average molecular weight is 241 g/mol. The first-order valence-corrected chi connectivity index (χ1v) is 6.53. The van der Waals surface area contributed by atoms with Crippen LogP contribution in [0.5, 0.6) is 0 Å². The summed E-state index contributed by atoms with van der Waals surface area (Å²) < 4.78 is 22.0. The second-order valence-corrected chi connectivity index (χ2v) is 7.27. The minimum Gasteiger partial charge on any atom is -0.228 e. The van der Waals surface area contributed by atoms with Gasteiger partial charge in [0, 0.05) is 6.26 Å². The standard InChI is InChI=1S/C6H9ClN2O2S2/c1-6(2,13(3,10)11)4-8-9-5(7)12-4/h1-3H3. The molecule has 0 spiro atoms. The van der Waals surface area contributed by atoms with E-state index in [-0.39, 0.29) is 4.47 Å². The van der Waals surface area contributed by atoms with Gasteiger partial charge in [0.1, 0.15) is 9.75 Å². The number of aromatic nitrogens is 2. The van der Waals surface area contributed by atoms with Crippen LogP contribution in [0.4, 0.5) is 0 Å². The highest BCUT2D eigenvalue weighted by atomic mass is 35.5. The van der Waals surface area contributed by atoms with Gasteiger partial charge >= 0.3 is 0 Å². The van der Waals surface area contributed by atoms with Gasteiger partial charge in [-0.05, 0) is 25.4 Å². The van der Waals surface area contributed by atoms with Crippen molar-refractivity contribution in [2.75, 3.05) is 6.26 Å². The van der Waals surface area contributed by atoms with Gasteiger partial charge in [-0.15, -0.1) is 10.2 Å². The molecule has 13 heavy (non-hydrogen) atoms. The largest absolute Gasteiger partial charge is 0.228 e. The molecule has 0 unspecified atom stereocenters. The molecule has 0 saturated heterocycles. The summed E-state index contributed by atoms with van der Waals surface area (Å²) in [4.78, 5) is 0. The van der Waals surface area contributed by atoms with Gasteiger partial charge in [0.25, 0.3) is 0 Å². The summed E-state index contributed by atoms with van der Waals surface area (Å²) in [6.07, 6.45) is 1.17. The molecule has 0 aromatic carbocycles. The summed E-state index contributed by atoms with van der Waals surface area (Å²) in [5.41, 5.74) is 0. The number of halogens is 1. The maximum absolute atomic E-state index is 11.4. The van der Waals surface area contributed by atoms with Gasteiger partial charge in [-0.25, -0.2) is 8.42 Å². The van der Waals surface area contributed by atoms with Crippen molar-refractivity contribution in [1.29, 1.82) is 0 Å². The molecule has 0 amide bonds. The van der Waals surface area contributed by atoms with E-state index in [0.717, 1.165) is 11.3 Å². The van der Waals surface area contributed by atoms with E-state index in [1.54, 1.807) is 13.8 Å². The van der Waals surface area contributed by atoms with Crippen molar-refractivity contribution in [2.45, 2.75) is 18.6 Å². The third-order valence-corrected chi connectivity index (χ3v) is 5.36. The fourth-order valence-electron chi connectivity index (χ4n) is 0.607. The molecule has 0 aliphatic carbocycles. The lowest BCUT2D eigenvalue weighted by Gasteiger charge is -2.18. The highest BCUT2D eigenvalue weighted by Gasteiger charge is 2.35. The van der Waals surface area contributed by atoms with Crippen molar-refractivity contribution < 1.29 is 8.42 Å². The van der Waals surface area contributed by atoms with Gasteiger partial charge in [-0.2, -0.15) is 0 Å². The van der Waals surface area contributed by atoms with Gasteiger partial charge in [-0.3, -0.25) is 0 Å². The van der Waals surface area contributed by atoms with Gasteiger partial charge in [-0.1, -0.05) is 11.3 Å². The van der Waals surface area contributed by atoms with Crippen LogP contribution >= 0.6 is 22.9 Å². The van der Waals surface area contributed by atoms with E-state index in [4.69, 9.17) is 11.6 Å². The predicted octanol–water partition coefficient (Wildman–Crippen LogP) is 1.47. The number of rotatable bonds is 2. The van der Waals surface area contributed by atoms with Gasteiger partial charge in [0.15, 0.2) is 9.84 Å². The molecule has 4 nitrogen and oxygen atoms in total. The van der Waals surface area contributed by atoms with Gasteiger partial charge < -0.3 is 0 Å². The molecule has 0 aliphatic rings. The van der Waals surface area contributed by atoms with Crippen LogP contribution in [0.3, 0.4) is 0 Å². The van der Waals surface area contributed by atoms with Crippen LogP contribution in [0.25, 0.3) is 0 Å². The Bertz CT molecular complexity index is 410. The summed E-state index contributed by atoms with van der Waals surface area (Å²) >= 11 is 6.65.